The molecule has 11 N–H and O–H groups in total. The summed E-state index contributed by atoms with van der Waals surface area (Å²) in [4.78, 5) is 46.4. The van der Waals surface area contributed by atoms with Gasteiger partial charge in [-0.15, -0.1) is 0 Å². The lowest BCUT2D eigenvalue weighted by Gasteiger charge is -2.40. The number of nitrogens with zero attached hydrogens (tertiary/aromatic N) is 1. The Morgan fingerprint density at radius 3 is 1.32 bits per heavy atom. The van der Waals surface area contributed by atoms with Crippen LogP contribution in [0.25, 0.3) is 0 Å². The maximum absolute atomic E-state index is 12.0. The van der Waals surface area contributed by atoms with Crippen LogP contribution in [0.1, 0.15) is 205 Å². The molecule has 19 heteroatoms. The Kier molecular flexibility index (Phi) is 43.1. The van der Waals surface area contributed by atoms with Crippen LogP contribution in [0.2, 0.25) is 0 Å². The van der Waals surface area contributed by atoms with Crippen molar-refractivity contribution in [2.45, 2.75) is 280 Å². The number of methoxy groups -OCH3 is 1. The molecule has 1 heterocycles. The molecule has 0 aliphatic carbocycles. The van der Waals surface area contributed by atoms with E-state index in [4.69, 9.17) is 14.6 Å². The number of hydrogen-bond acceptors (Lipinski definition) is 17. The maximum Gasteiger partial charge on any atom is 0.320 e. The van der Waals surface area contributed by atoms with Crippen LogP contribution in [0.3, 0.4) is 0 Å². The Hall–Kier alpha value is -2.56. The predicted octanol–water partition coefficient (Wildman–Crippen LogP) is 5.53. The summed E-state index contributed by atoms with van der Waals surface area (Å²) in [5, 5.41) is 60.4. The van der Waals surface area contributed by atoms with Gasteiger partial charge in [-0.2, -0.15) is 0 Å². The van der Waals surface area contributed by atoms with Crippen LogP contribution in [0, 0.1) is 0 Å². The van der Waals surface area contributed by atoms with Crippen LogP contribution < -0.4 is 37.2 Å². The van der Waals surface area contributed by atoms with Crippen molar-refractivity contribution >= 4 is 23.8 Å². The topological polar surface area (TPSA) is 264 Å². The van der Waals surface area contributed by atoms with Gasteiger partial charge in [-0.3, -0.25) is 19.2 Å². The zero-order chi connectivity index (χ0) is 60.4. The van der Waals surface area contributed by atoms with Gasteiger partial charge in [-0.25, -0.2) is 0 Å². The Labute approximate surface area is 459 Å². The third-order valence-corrected chi connectivity index (χ3v) is 9.46. The molecule has 1 fully saturated rings. The number of esters is 2. The van der Waals surface area contributed by atoms with Gasteiger partial charge in [-0.05, 0) is 191 Å². The molecule has 0 bridgehead atoms. The molecule has 19 nitrogen and oxygen atoms in total. The average Bonchev–Trinajstić information content (AvgIpc) is 3.22. The molecule has 0 spiro atoms. The number of unbranched alkanes of at least 4 members (excludes halogenated alkanes) is 2. The summed E-state index contributed by atoms with van der Waals surface area (Å²) in [6, 6.07) is -1.00. The fourth-order valence-electron chi connectivity index (χ4n) is 5.33. The molecule has 452 valence electrons. The second kappa shape index (κ2) is 39.7. The molecule has 1 aliphatic rings. The van der Waals surface area contributed by atoms with E-state index in [1.54, 1.807) is 32.8 Å². The summed E-state index contributed by atoms with van der Waals surface area (Å²) in [6.07, 6.45) is 0.107. The normalized spacial score (nSPS) is 18.5. The van der Waals surface area contributed by atoms with E-state index in [9.17, 15) is 34.5 Å². The van der Waals surface area contributed by atoms with Gasteiger partial charge in [0.2, 0.25) is 11.8 Å². The van der Waals surface area contributed by atoms with Crippen molar-refractivity contribution in [2.75, 3.05) is 60.5 Å². The lowest BCUT2D eigenvalue weighted by Crippen LogP contribution is -2.63. The molecule has 0 aromatic carbocycles. The summed E-state index contributed by atoms with van der Waals surface area (Å²) in [6.45, 7) is 52.3. The first kappa shape index (κ1) is 81.3. The number of rotatable bonds is 18. The van der Waals surface area contributed by atoms with Gasteiger partial charge in [0.25, 0.3) is 0 Å². The van der Waals surface area contributed by atoms with Crippen molar-refractivity contribution in [3.8, 4) is 0 Å². The van der Waals surface area contributed by atoms with Crippen molar-refractivity contribution in [3.05, 3.63) is 0 Å². The van der Waals surface area contributed by atoms with E-state index < -0.39 is 36.2 Å². The molecule has 0 saturated carbocycles. The van der Waals surface area contributed by atoms with Crippen molar-refractivity contribution in [1.29, 1.82) is 0 Å². The van der Waals surface area contributed by atoms with Crippen LogP contribution in [0.15, 0.2) is 0 Å². The van der Waals surface area contributed by atoms with Crippen LogP contribution >= 0.6 is 0 Å². The number of β-amino-alcohol motifs (C(OH)–C–C–N with tert-alkyl or cyclic N) is 1. The fraction of sp³-hybridized carbons (Fsp3) is 0.929. The first-order valence-electron chi connectivity index (χ1n) is 27.2. The summed E-state index contributed by atoms with van der Waals surface area (Å²) in [7, 11) is 4.89. The zero-order valence-electron chi connectivity index (χ0n) is 53.0. The molecule has 1 rings (SSSR count). The minimum atomic E-state index is -1.31. The highest BCUT2D eigenvalue weighted by molar-refractivity contribution is 5.77. The molecule has 0 aromatic rings. The number of carbonyl (C=O) groups excluding carboxylic acids is 4. The highest BCUT2D eigenvalue weighted by atomic mass is 16.6. The molecular weight excluding hydrogens is 961 g/mol. The van der Waals surface area contributed by atoms with Gasteiger partial charge in [0.05, 0.1) is 39.0 Å². The summed E-state index contributed by atoms with van der Waals surface area (Å²) in [5.74, 6) is -0.579. The van der Waals surface area contributed by atoms with Gasteiger partial charge in [-0.1, -0.05) is 20.3 Å². The van der Waals surface area contributed by atoms with E-state index >= 15 is 0 Å². The number of amides is 2. The number of ether oxygens (including phenoxy) is 3. The third-order valence-electron chi connectivity index (χ3n) is 9.46. The van der Waals surface area contributed by atoms with E-state index in [1.165, 1.54) is 13.5 Å². The van der Waals surface area contributed by atoms with Crippen LogP contribution in [0.4, 0.5) is 0 Å². The molecule has 1 unspecified atom stereocenters. The Balaban J connectivity index is -0.000000276. The second-order valence-corrected chi connectivity index (χ2v) is 26.5. The number of nitrogens with one attached hydrogen (secondary N) is 7. The van der Waals surface area contributed by atoms with E-state index in [-0.39, 0.29) is 70.6 Å². The van der Waals surface area contributed by atoms with Gasteiger partial charge < -0.3 is 76.8 Å². The van der Waals surface area contributed by atoms with Gasteiger partial charge >= 0.3 is 11.9 Å². The molecule has 6 atom stereocenters. The first-order valence-corrected chi connectivity index (χ1v) is 27.2. The minimum absolute atomic E-state index is 0.0195. The molecule has 2 amide bonds. The van der Waals surface area contributed by atoms with Gasteiger partial charge in [0, 0.05) is 60.3 Å². The third kappa shape index (κ3) is 63.9. The lowest BCUT2D eigenvalue weighted by atomic mass is 9.95. The van der Waals surface area contributed by atoms with Gasteiger partial charge in [0.1, 0.15) is 23.9 Å². The van der Waals surface area contributed by atoms with E-state index in [0.29, 0.717) is 31.5 Å². The molecular formula is C56H122N8O11. The van der Waals surface area contributed by atoms with Crippen molar-refractivity contribution in [2.24, 2.45) is 0 Å². The first-order chi connectivity index (χ1) is 33.5. The molecule has 1 saturated heterocycles. The number of aliphatic hydroxyl groups excluding tert-OH is 4. The summed E-state index contributed by atoms with van der Waals surface area (Å²) in [5.41, 5.74) is 0.0855. The molecule has 75 heavy (non-hydrogen) atoms. The van der Waals surface area contributed by atoms with E-state index in [0.717, 1.165) is 32.4 Å². The molecule has 1 aliphatic heterocycles. The van der Waals surface area contributed by atoms with E-state index in [1.807, 2.05) is 83.1 Å². The van der Waals surface area contributed by atoms with Crippen molar-refractivity contribution in [1.82, 2.24) is 42.1 Å². The fourth-order valence-corrected chi connectivity index (χ4v) is 5.33. The minimum Gasteiger partial charge on any atom is -0.468 e. The number of likely N-dealkylation sites (N-methyl/N-ethyl adjacent to an activating group) is 1. The highest BCUT2D eigenvalue weighted by Gasteiger charge is 2.43. The Morgan fingerprint density at radius 1 is 0.573 bits per heavy atom. The standard InChI is InChI=1S/C17H34N2O5.C10H21NO2.C8H18N2O.C7H15NO2.C7H17NO.C7H17N/c1-5-11-14(21)15(22)13(16(23)24-11)19-12(20)9-7-6-8-10-18-17(2,3)4;1-9(2,3)11-7-8(12)13-10(4,5)6;1-8(2,3)9-6-7(11)10(4)5;1-7(2,3)8-5-6(9)10-4;1-6(9)5-8-7(2,3)4;1-5-6-8-7(2,3)4/h11,13-16,18,21-23H,5-10H2,1-4H3,(H,19,20);11H,7H2,1-6H3;9H,6H2,1-5H3;8H,5H2,1-4H3;6,8-9H,5H2,1-4H3;8H,5-6H2,1-4H3/t11-,13-,14-,15-,16+;;;;;/m0...../s1. The second-order valence-electron chi connectivity index (χ2n) is 26.5. The largest absolute Gasteiger partial charge is 0.468 e. The van der Waals surface area contributed by atoms with Gasteiger partial charge in [0.15, 0.2) is 6.29 Å². The quantitative estimate of drug-likeness (QED) is 0.0595. The van der Waals surface area contributed by atoms with Crippen LogP contribution in [-0.4, -0.2) is 185 Å². The highest BCUT2D eigenvalue weighted by Crippen LogP contribution is 2.22. The number of aliphatic hydroxyl groups is 4. The Morgan fingerprint density at radius 2 is 0.987 bits per heavy atom. The molecule has 0 radical (unpaired) electrons. The number of carbonyl (C=O) groups is 4. The average molecular weight is 1080 g/mol. The van der Waals surface area contributed by atoms with Crippen molar-refractivity contribution < 1.29 is 53.8 Å². The predicted molar refractivity (Wildman–Crippen MR) is 309 cm³/mol. The summed E-state index contributed by atoms with van der Waals surface area (Å²) < 4.78 is 14.8. The maximum atomic E-state index is 12.0. The summed E-state index contributed by atoms with van der Waals surface area (Å²) >= 11 is 0. The molecule has 0 aromatic heterocycles. The zero-order valence-corrected chi connectivity index (χ0v) is 53.0. The lowest BCUT2D eigenvalue weighted by molar-refractivity contribution is -0.247. The number of hydrogen-bond donors (Lipinski definition) is 11. The SMILES string of the molecule is CC(C)(C)NCC(=O)OC(C)(C)C.CC(O)CNC(C)(C)C.CCCNC(C)(C)C.CC[C@@H]1O[C@@H](O)[C@@H](NC(=O)CCCCCNC(C)(C)C)[C@H](O)[C@H]1O.CN(C)C(=O)CNC(C)(C)C.COC(=O)CNC(C)(C)C. The van der Waals surface area contributed by atoms with Crippen LogP contribution in [-0.2, 0) is 33.4 Å². The monoisotopic (exact) mass is 1080 g/mol. The van der Waals surface area contributed by atoms with Crippen LogP contribution in [0.5, 0.6) is 0 Å². The van der Waals surface area contributed by atoms with Crippen molar-refractivity contribution in [3.63, 3.8) is 0 Å². The Bertz CT molecular complexity index is 1470. The van der Waals surface area contributed by atoms with E-state index in [2.05, 4.69) is 111 Å². The smallest absolute Gasteiger partial charge is 0.320 e.